The predicted molar refractivity (Wildman–Crippen MR) is 156 cm³/mol. The molecule has 42 heavy (non-hydrogen) atoms. The van der Waals surface area contributed by atoms with Crippen molar-refractivity contribution in [1.29, 1.82) is 0 Å². The Bertz CT molecular complexity index is 1750. The first-order valence-corrected chi connectivity index (χ1v) is 16.9. The number of nitrogens with zero attached hydrogens (tertiary/aromatic N) is 2. The van der Waals surface area contributed by atoms with Crippen LogP contribution < -0.4 is 14.2 Å². The number of methoxy groups -OCH3 is 1. The van der Waals surface area contributed by atoms with E-state index in [-0.39, 0.29) is 30.7 Å². The lowest BCUT2D eigenvalue weighted by Crippen LogP contribution is -2.78. The molecule has 2 heterocycles. The van der Waals surface area contributed by atoms with E-state index in [2.05, 4.69) is 4.72 Å². The molecule has 0 amide bonds. The number of hydrogen-bond acceptors (Lipinski definition) is 7. The monoisotopic (exact) mass is 611 g/mol. The third kappa shape index (κ3) is 3.65. The Kier molecular flexibility index (Phi) is 6.20. The fraction of sp³-hybridized carbons (Fsp3) is 0.400. The number of piperidine rings is 1. The van der Waals surface area contributed by atoms with Crippen molar-refractivity contribution in [2.45, 2.75) is 59.8 Å². The fourth-order valence-electron chi connectivity index (χ4n) is 7.92. The quantitative estimate of drug-likeness (QED) is 0.421. The zero-order valence-electron chi connectivity index (χ0n) is 23.3. The molecule has 0 unspecified atom stereocenters. The number of nitrogens with one attached hydrogen (secondary N) is 1. The summed E-state index contributed by atoms with van der Waals surface area (Å²) in [5.41, 5.74) is -0.391. The molecule has 3 aromatic rings. The fourth-order valence-corrected chi connectivity index (χ4v) is 10.8. The number of ether oxygens (including phenoxy) is 2. The average molecular weight is 612 g/mol. The molecule has 4 aliphatic rings. The van der Waals surface area contributed by atoms with Gasteiger partial charge in [0.1, 0.15) is 6.10 Å². The summed E-state index contributed by atoms with van der Waals surface area (Å²) < 4.78 is 72.9. The molecule has 222 valence electrons. The summed E-state index contributed by atoms with van der Waals surface area (Å²) in [5, 5.41) is 12.8. The largest absolute Gasteiger partial charge is 0.493 e. The van der Waals surface area contributed by atoms with Gasteiger partial charge in [0.15, 0.2) is 11.5 Å². The molecule has 12 heteroatoms. The molecule has 0 radical (unpaired) electrons. The number of rotatable bonds is 7. The van der Waals surface area contributed by atoms with E-state index in [9.17, 15) is 21.9 Å². The van der Waals surface area contributed by atoms with Gasteiger partial charge in [0.2, 0.25) is 10.0 Å². The summed E-state index contributed by atoms with van der Waals surface area (Å²) in [7, 11) is -4.85. The van der Waals surface area contributed by atoms with Gasteiger partial charge < -0.3 is 14.6 Å². The third-order valence-corrected chi connectivity index (χ3v) is 13.2. The number of para-hydroxylation sites is 1. The first-order chi connectivity index (χ1) is 20.0. The SMILES string of the molecule is COc1ccc2c3c1O[C@H]1[C@H](N(C)S(=O)(=O)Nc4ccccc4)CC[C@@]4(O)[C@@H](C2)N(S(=O)(=O)c2ccccc2)CC[C@]314. The van der Waals surface area contributed by atoms with E-state index in [0.717, 1.165) is 11.1 Å². The number of aliphatic hydroxyl groups is 1. The second-order valence-electron chi connectivity index (χ2n) is 11.6. The maximum atomic E-state index is 14.0. The van der Waals surface area contributed by atoms with E-state index in [4.69, 9.17) is 9.47 Å². The first-order valence-electron chi connectivity index (χ1n) is 14.0. The van der Waals surface area contributed by atoms with E-state index in [1.54, 1.807) is 73.8 Å². The van der Waals surface area contributed by atoms with Crippen LogP contribution in [0.3, 0.4) is 0 Å². The van der Waals surface area contributed by atoms with Gasteiger partial charge in [0, 0.05) is 24.8 Å². The van der Waals surface area contributed by atoms with Gasteiger partial charge in [0.05, 0.1) is 35.1 Å². The Morgan fingerprint density at radius 2 is 1.69 bits per heavy atom. The van der Waals surface area contributed by atoms with Gasteiger partial charge >= 0.3 is 10.2 Å². The van der Waals surface area contributed by atoms with Crippen LogP contribution in [0, 0.1) is 0 Å². The molecule has 2 bridgehead atoms. The number of likely N-dealkylation sites (N-methyl/N-ethyl adjacent to an activating group) is 1. The van der Waals surface area contributed by atoms with Crippen LogP contribution in [-0.4, -0.2) is 75.0 Å². The van der Waals surface area contributed by atoms with Crippen molar-refractivity contribution in [3.8, 4) is 11.5 Å². The van der Waals surface area contributed by atoms with E-state index in [1.165, 1.54) is 15.7 Å². The predicted octanol–water partition coefficient (Wildman–Crippen LogP) is 2.90. The summed E-state index contributed by atoms with van der Waals surface area (Å²) in [6.45, 7) is 0.158. The normalized spacial score (nSPS) is 30.0. The van der Waals surface area contributed by atoms with Crippen LogP contribution in [0.5, 0.6) is 11.5 Å². The van der Waals surface area contributed by atoms with Crippen molar-refractivity contribution in [2.24, 2.45) is 0 Å². The molecular formula is C30H33N3O7S2. The van der Waals surface area contributed by atoms with Crippen molar-refractivity contribution in [3.05, 3.63) is 83.9 Å². The lowest BCUT2D eigenvalue weighted by molar-refractivity contribution is -0.180. The maximum absolute atomic E-state index is 14.0. The summed E-state index contributed by atoms with van der Waals surface area (Å²) in [6, 6.07) is 19.3. The zero-order valence-corrected chi connectivity index (χ0v) is 24.9. The van der Waals surface area contributed by atoms with Crippen LogP contribution in [0.2, 0.25) is 0 Å². The summed E-state index contributed by atoms with van der Waals surface area (Å²) in [6.07, 6.45) is 0.283. The highest BCUT2D eigenvalue weighted by molar-refractivity contribution is 7.90. The number of anilines is 1. The molecule has 2 aliphatic heterocycles. The highest BCUT2D eigenvalue weighted by Crippen LogP contribution is 2.66. The van der Waals surface area contributed by atoms with Crippen molar-refractivity contribution in [3.63, 3.8) is 0 Å². The third-order valence-electron chi connectivity index (χ3n) is 9.80. The van der Waals surface area contributed by atoms with Crippen molar-refractivity contribution >= 4 is 25.9 Å². The minimum Gasteiger partial charge on any atom is -0.493 e. The van der Waals surface area contributed by atoms with Crippen molar-refractivity contribution < 1.29 is 31.4 Å². The second-order valence-corrected chi connectivity index (χ2v) is 15.2. The molecule has 2 N–H and O–H groups in total. The molecule has 1 saturated heterocycles. The molecule has 3 aromatic carbocycles. The molecule has 7 rings (SSSR count). The Labute approximate surface area is 246 Å². The van der Waals surface area contributed by atoms with Gasteiger partial charge in [-0.1, -0.05) is 42.5 Å². The number of benzene rings is 3. The molecule has 5 atom stereocenters. The minimum absolute atomic E-state index is 0.158. The Balaban J connectivity index is 1.34. The van der Waals surface area contributed by atoms with E-state index in [0.29, 0.717) is 23.6 Å². The van der Waals surface area contributed by atoms with Crippen molar-refractivity contribution in [2.75, 3.05) is 25.4 Å². The van der Waals surface area contributed by atoms with Crippen LogP contribution >= 0.6 is 0 Å². The van der Waals surface area contributed by atoms with Gasteiger partial charge in [-0.05, 0) is 61.6 Å². The van der Waals surface area contributed by atoms with Crippen LogP contribution in [0.15, 0.2) is 77.7 Å². The van der Waals surface area contributed by atoms with Gasteiger partial charge in [-0.15, -0.1) is 0 Å². The number of sulfonamides is 1. The second kappa shape index (κ2) is 9.42. The standard InChI is InChI=1S/C30H33N3O7S2/c1-32(42(37,38)31-21-9-5-3-6-10-21)23-15-16-30(34)25-19-20-13-14-24(39-2)27-26(20)29(30,28(23)40-27)17-18-33(25)41(35,36)22-11-7-4-8-12-22/h3-14,23,25,28,31,34H,15-19H2,1-2H3/t23-,25-,28+,29+,30-/m1/s1. The lowest BCUT2D eigenvalue weighted by atomic mass is 9.49. The summed E-state index contributed by atoms with van der Waals surface area (Å²) in [5.74, 6) is 1.01. The van der Waals surface area contributed by atoms with Crippen LogP contribution in [0.1, 0.15) is 30.4 Å². The van der Waals surface area contributed by atoms with E-state index < -0.39 is 49.4 Å². The molecule has 1 saturated carbocycles. The van der Waals surface area contributed by atoms with Crippen molar-refractivity contribution in [1.82, 2.24) is 8.61 Å². The molecule has 0 aromatic heterocycles. The van der Waals surface area contributed by atoms with Gasteiger partial charge in [0.25, 0.3) is 0 Å². The Morgan fingerprint density at radius 3 is 2.38 bits per heavy atom. The smallest absolute Gasteiger partial charge is 0.301 e. The first kappa shape index (κ1) is 27.7. The van der Waals surface area contributed by atoms with Crippen LogP contribution in [0.4, 0.5) is 5.69 Å². The van der Waals surface area contributed by atoms with Crippen LogP contribution in [-0.2, 0) is 32.1 Å². The average Bonchev–Trinajstić information content (AvgIpc) is 3.33. The highest BCUT2D eigenvalue weighted by Gasteiger charge is 2.74. The zero-order chi connectivity index (χ0) is 29.5. The van der Waals surface area contributed by atoms with Gasteiger partial charge in [-0.3, -0.25) is 4.72 Å². The van der Waals surface area contributed by atoms with Crippen LogP contribution in [0.25, 0.3) is 0 Å². The molecule has 2 fully saturated rings. The summed E-state index contributed by atoms with van der Waals surface area (Å²) in [4.78, 5) is 0.177. The highest BCUT2D eigenvalue weighted by atomic mass is 32.2. The Morgan fingerprint density at radius 1 is 1.00 bits per heavy atom. The minimum atomic E-state index is -4.00. The van der Waals surface area contributed by atoms with E-state index in [1.807, 2.05) is 6.07 Å². The van der Waals surface area contributed by atoms with Gasteiger partial charge in [-0.25, -0.2) is 8.42 Å². The van der Waals surface area contributed by atoms with E-state index >= 15 is 0 Å². The topological polar surface area (TPSA) is 125 Å². The maximum Gasteiger partial charge on any atom is 0.301 e. The molecule has 1 spiro atoms. The Hall–Kier alpha value is -3.16. The summed E-state index contributed by atoms with van der Waals surface area (Å²) >= 11 is 0. The van der Waals surface area contributed by atoms with Gasteiger partial charge in [-0.2, -0.15) is 17.0 Å². The lowest BCUT2D eigenvalue weighted by Gasteiger charge is -2.64. The molecule has 2 aliphatic carbocycles. The molecular weight excluding hydrogens is 578 g/mol. The molecule has 10 nitrogen and oxygen atoms in total. The number of hydrogen-bond donors (Lipinski definition) is 2.